The van der Waals surface area contributed by atoms with Crippen LogP contribution in [0.3, 0.4) is 0 Å². The topological polar surface area (TPSA) is 86.8 Å². The minimum atomic E-state index is -0.581. The normalized spacial score (nSPS) is 20.8. The Kier molecular flexibility index (Phi) is 8.20. The molecule has 32 heavy (non-hydrogen) atoms. The van der Waals surface area contributed by atoms with E-state index in [2.05, 4.69) is 5.32 Å². The zero-order valence-corrected chi connectivity index (χ0v) is 19.0. The Balaban J connectivity index is 1.69. The Morgan fingerprint density at radius 1 is 1.06 bits per heavy atom. The molecule has 7 nitrogen and oxygen atoms in total. The monoisotopic (exact) mass is 439 g/mol. The van der Waals surface area contributed by atoms with Gasteiger partial charge in [-0.05, 0) is 38.2 Å². The smallest absolute Gasteiger partial charge is 0.242 e. The molecular weight excluding hydrogens is 406 g/mol. The zero-order valence-electron chi connectivity index (χ0n) is 19.0. The summed E-state index contributed by atoms with van der Waals surface area (Å²) in [5, 5.41) is 2.82. The highest BCUT2D eigenvalue weighted by molar-refractivity contribution is 6.05. The molecule has 2 aliphatic rings. The summed E-state index contributed by atoms with van der Waals surface area (Å²) in [4.78, 5) is 54.2. The van der Waals surface area contributed by atoms with Crippen LogP contribution in [0, 0.1) is 11.8 Å². The molecule has 7 heteroatoms. The molecule has 0 spiro atoms. The quantitative estimate of drug-likeness (QED) is 0.448. The number of nitrogens with zero attached hydrogens (tertiary/aromatic N) is 2. The Labute approximate surface area is 189 Å². The van der Waals surface area contributed by atoms with E-state index in [1.165, 1.54) is 4.90 Å². The summed E-state index contributed by atoms with van der Waals surface area (Å²) in [7, 11) is 0. The Morgan fingerprint density at radius 2 is 1.69 bits per heavy atom. The van der Waals surface area contributed by atoms with Gasteiger partial charge in [0.2, 0.25) is 23.6 Å². The lowest BCUT2D eigenvalue weighted by atomic mass is 9.85. The lowest BCUT2D eigenvalue weighted by Gasteiger charge is -2.31. The highest BCUT2D eigenvalue weighted by Crippen LogP contribution is 2.35. The summed E-state index contributed by atoms with van der Waals surface area (Å²) >= 11 is 0. The summed E-state index contributed by atoms with van der Waals surface area (Å²) < 4.78 is 0. The second kappa shape index (κ2) is 11.1. The highest BCUT2D eigenvalue weighted by atomic mass is 16.2. The summed E-state index contributed by atoms with van der Waals surface area (Å²) in [6, 6.07) is 9.24. The largest absolute Gasteiger partial charge is 0.355 e. The summed E-state index contributed by atoms with van der Waals surface area (Å²) in [5.41, 5.74) is 1.08. The van der Waals surface area contributed by atoms with Gasteiger partial charge in [0.15, 0.2) is 0 Å². The molecule has 1 aliphatic heterocycles. The van der Waals surface area contributed by atoms with Crippen molar-refractivity contribution in [2.24, 2.45) is 11.8 Å². The van der Waals surface area contributed by atoms with Gasteiger partial charge in [0.05, 0.1) is 11.8 Å². The van der Waals surface area contributed by atoms with Crippen molar-refractivity contribution >= 4 is 23.6 Å². The standard InChI is InChI=1S/C25H33N3O4/c1-3-21(23(30)26-4-2)27(16-14-18-10-6-5-7-11-18)22(29)15-17-28-24(31)19-12-8-9-13-20(19)25(28)32/h5-11,19-21H,3-4,12-17H2,1-2H3,(H,26,30)/t19-,20+,21-/m1/s1. The third-order valence-electron chi connectivity index (χ3n) is 6.37. The molecule has 0 saturated carbocycles. The van der Waals surface area contributed by atoms with Crippen molar-refractivity contribution in [1.29, 1.82) is 0 Å². The molecule has 0 bridgehead atoms. The molecule has 1 aliphatic carbocycles. The van der Waals surface area contributed by atoms with Gasteiger partial charge in [0.1, 0.15) is 6.04 Å². The molecule has 172 valence electrons. The van der Waals surface area contributed by atoms with E-state index in [4.69, 9.17) is 0 Å². The number of carbonyl (C=O) groups is 4. The number of likely N-dealkylation sites (tertiary alicyclic amines) is 1. The van der Waals surface area contributed by atoms with Gasteiger partial charge in [-0.3, -0.25) is 24.1 Å². The van der Waals surface area contributed by atoms with Gasteiger partial charge in [0, 0.05) is 26.1 Å². The lowest BCUT2D eigenvalue weighted by Crippen LogP contribution is -2.50. The van der Waals surface area contributed by atoms with Gasteiger partial charge in [-0.15, -0.1) is 0 Å². The van der Waals surface area contributed by atoms with Crippen molar-refractivity contribution in [3.8, 4) is 0 Å². The molecule has 0 radical (unpaired) electrons. The molecular formula is C25H33N3O4. The lowest BCUT2D eigenvalue weighted by molar-refractivity contribution is -0.143. The fraction of sp³-hybridized carbons (Fsp3) is 0.520. The van der Waals surface area contributed by atoms with E-state index in [9.17, 15) is 19.2 Å². The third-order valence-corrected chi connectivity index (χ3v) is 6.37. The van der Waals surface area contributed by atoms with Crippen molar-refractivity contribution in [2.75, 3.05) is 19.6 Å². The van der Waals surface area contributed by atoms with Gasteiger partial charge < -0.3 is 10.2 Å². The van der Waals surface area contributed by atoms with E-state index < -0.39 is 6.04 Å². The predicted molar refractivity (Wildman–Crippen MR) is 121 cm³/mol. The van der Waals surface area contributed by atoms with Crippen LogP contribution in [0.25, 0.3) is 0 Å². The number of fused-ring (bicyclic) bond motifs is 1. The second-order valence-corrected chi connectivity index (χ2v) is 8.38. The summed E-state index contributed by atoms with van der Waals surface area (Å²) in [6.07, 6.45) is 6.20. The van der Waals surface area contributed by atoms with Crippen molar-refractivity contribution in [1.82, 2.24) is 15.1 Å². The van der Waals surface area contributed by atoms with Crippen molar-refractivity contribution in [2.45, 2.75) is 52.0 Å². The molecule has 0 unspecified atom stereocenters. The molecule has 1 heterocycles. The molecule has 1 N–H and O–H groups in total. The molecule has 0 aromatic heterocycles. The number of rotatable bonds is 10. The number of benzene rings is 1. The average Bonchev–Trinajstić information content (AvgIpc) is 3.05. The van der Waals surface area contributed by atoms with E-state index in [0.717, 1.165) is 5.56 Å². The number of carbonyl (C=O) groups excluding carboxylic acids is 4. The number of amides is 4. The predicted octanol–water partition coefficient (Wildman–Crippen LogP) is 2.31. The molecule has 1 saturated heterocycles. The number of hydrogen-bond acceptors (Lipinski definition) is 4. The van der Waals surface area contributed by atoms with Gasteiger partial charge >= 0.3 is 0 Å². The van der Waals surface area contributed by atoms with Crippen molar-refractivity contribution in [3.05, 3.63) is 48.0 Å². The first-order valence-corrected chi connectivity index (χ1v) is 11.6. The second-order valence-electron chi connectivity index (χ2n) is 8.38. The average molecular weight is 440 g/mol. The van der Waals surface area contributed by atoms with Crippen LogP contribution in [0.2, 0.25) is 0 Å². The van der Waals surface area contributed by atoms with Crippen LogP contribution < -0.4 is 5.32 Å². The molecule has 3 rings (SSSR count). The maximum Gasteiger partial charge on any atom is 0.242 e. The van der Waals surface area contributed by atoms with Gasteiger partial charge in [0.25, 0.3) is 0 Å². The first kappa shape index (κ1) is 23.7. The zero-order chi connectivity index (χ0) is 23.1. The molecule has 1 aromatic rings. The Morgan fingerprint density at radius 3 is 2.25 bits per heavy atom. The van der Waals surface area contributed by atoms with Crippen LogP contribution >= 0.6 is 0 Å². The molecule has 4 amide bonds. The van der Waals surface area contributed by atoms with Crippen LogP contribution in [0.5, 0.6) is 0 Å². The highest BCUT2D eigenvalue weighted by Gasteiger charge is 2.47. The van der Waals surface area contributed by atoms with E-state index >= 15 is 0 Å². The maximum atomic E-state index is 13.2. The molecule has 1 aromatic carbocycles. The van der Waals surface area contributed by atoms with Crippen molar-refractivity contribution in [3.63, 3.8) is 0 Å². The van der Waals surface area contributed by atoms with E-state index in [0.29, 0.717) is 38.8 Å². The number of allylic oxidation sites excluding steroid dienone is 2. The van der Waals surface area contributed by atoms with E-state index in [-0.39, 0.29) is 48.4 Å². The van der Waals surface area contributed by atoms with Crippen LogP contribution in [0.4, 0.5) is 0 Å². The first-order valence-electron chi connectivity index (χ1n) is 11.6. The number of hydrogen-bond donors (Lipinski definition) is 1. The minimum absolute atomic E-state index is 0.0229. The minimum Gasteiger partial charge on any atom is -0.355 e. The first-order chi connectivity index (χ1) is 15.5. The van der Waals surface area contributed by atoms with Gasteiger partial charge in [-0.1, -0.05) is 49.4 Å². The van der Waals surface area contributed by atoms with Gasteiger partial charge in [-0.25, -0.2) is 0 Å². The maximum absolute atomic E-state index is 13.2. The Bertz CT molecular complexity index is 841. The van der Waals surface area contributed by atoms with Gasteiger partial charge in [-0.2, -0.15) is 0 Å². The number of nitrogens with one attached hydrogen (secondary N) is 1. The van der Waals surface area contributed by atoms with Crippen LogP contribution in [-0.4, -0.2) is 59.1 Å². The van der Waals surface area contributed by atoms with Crippen LogP contribution in [0.1, 0.15) is 45.1 Å². The van der Waals surface area contributed by atoms with E-state index in [1.807, 2.05) is 56.3 Å². The van der Waals surface area contributed by atoms with Crippen molar-refractivity contribution < 1.29 is 19.2 Å². The summed E-state index contributed by atoms with van der Waals surface area (Å²) in [6.45, 7) is 4.68. The fourth-order valence-electron chi connectivity index (χ4n) is 4.63. The van der Waals surface area contributed by atoms with Crippen LogP contribution in [-0.2, 0) is 25.6 Å². The molecule has 3 atom stereocenters. The number of likely N-dealkylation sites (N-methyl/N-ethyl adjacent to an activating group) is 1. The Hall–Kier alpha value is -2.96. The van der Waals surface area contributed by atoms with Crippen LogP contribution in [0.15, 0.2) is 42.5 Å². The van der Waals surface area contributed by atoms with E-state index in [1.54, 1.807) is 4.90 Å². The molecule has 1 fully saturated rings. The number of imide groups is 1. The SMILES string of the molecule is CCNC(=O)[C@@H](CC)N(CCc1ccccc1)C(=O)CCN1C(=O)[C@H]2CC=CC[C@H]2C1=O. The summed E-state index contributed by atoms with van der Waals surface area (Å²) in [5.74, 6) is -1.34. The third kappa shape index (κ3) is 5.26. The fourth-order valence-corrected chi connectivity index (χ4v) is 4.63.